The molecule has 10 heteroatoms. The van der Waals surface area contributed by atoms with Gasteiger partial charge in [-0.1, -0.05) is 31.2 Å². The molecule has 1 atom stereocenters. The Kier molecular flexibility index (Phi) is 4.86. The molecule has 9 nitrogen and oxygen atoms in total. The molecular formula is C20H20N6O3S. The van der Waals surface area contributed by atoms with Crippen LogP contribution in [0.2, 0.25) is 0 Å². The number of carbonyl (C=O) groups is 1. The van der Waals surface area contributed by atoms with Gasteiger partial charge < -0.3 is 11.1 Å². The summed E-state index contributed by atoms with van der Waals surface area (Å²) in [5, 5.41) is 8.29. The van der Waals surface area contributed by atoms with Crippen LogP contribution < -0.4 is 11.1 Å². The Labute approximate surface area is 172 Å². The zero-order valence-corrected chi connectivity index (χ0v) is 17.2. The van der Waals surface area contributed by atoms with E-state index in [-0.39, 0.29) is 10.7 Å². The Morgan fingerprint density at radius 3 is 2.53 bits per heavy atom. The third-order valence-corrected chi connectivity index (χ3v) is 5.92. The van der Waals surface area contributed by atoms with Crippen molar-refractivity contribution in [1.82, 2.24) is 19.6 Å². The lowest BCUT2D eigenvalue weighted by atomic mass is 10.2. The van der Waals surface area contributed by atoms with Crippen molar-refractivity contribution in [3.05, 3.63) is 48.5 Å². The Bertz CT molecular complexity index is 1380. The quantitative estimate of drug-likeness (QED) is 0.484. The van der Waals surface area contributed by atoms with Crippen molar-refractivity contribution >= 4 is 38.2 Å². The molecule has 1 amide bonds. The van der Waals surface area contributed by atoms with Gasteiger partial charge in [0, 0.05) is 17.2 Å². The topological polar surface area (TPSA) is 132 Å². The summed E-state index contributed by atoms with van der Waals surface area (Å²) in [5.74, 6) is 0.0256. The molecule has 2 heterocycles. The maximum Gasteiger partial charge on any atom is 0.239 e. The Balaban J connectivity index is 2.00. The maximum absolute atomic E-state index is 12.2. The van der Waals surface area contributed by atoms with Crippen molar-refractivity contribution in [1.29, 1.82) is 0 Å². The molecule has 0 bridgehead atoms. The van der Waals surface area contributed by atoms with E-state index in [1.165, 1.54) is 10.6 Å². The molecule has 30 heavy (non-hydrogen) atoms. The van der Waals surface area contributed by atoms with Gasteiger partial charge in [0.25, 0.3) is 0 Å². The molecule has 0 aliphatic rings. The lowest BCUT2D eigenvalue weighted by Gasteiger charge is -2.15. The first-order valence-corrected chi connectivity index (χ1v) is 11.2. The molecule has 0 aliphatic heterocycles. The highest BCUT2D eigenvalue weighted by Gasteiger charge is 2.21. The first kappa shape index (κ1) is 19.8. The number of amides is 1. The second-order valence-corrected chi connectivity index (χ2v) is 8.88. The number of carbonyl (C=O) groups excluding carboxylic acids is 1. The summed E-state index contributed by atoms with van der Waals surface area (Å²) in [6, 6.07) is 13.3. The molecule has 3 N–H and O–H groups in total. The molecule has 4 rings (SSSR count). The van der Waals surface area contributed by atoms with Crippen LogP contribution in [-0.4, -0.2) is 46.2 Å². The van der Waals surface area contributed by atoms with Crippen LogP contribution in [0.1, 0.15) is 13.3 Å². The first-order valence-electron chi connectivity index (χ1n) is 9.30. The zero-order chi connectivity index (χ0) is 21.5. The number of hydrogen-bond acceptors (Lipinski definition) is 7. The Hall–Kier alpha value is -3.53. The fourth-order valence-corrected chi connectivity index (χ4v) is 4.15. The predicted molar refractivity (Wildman–Crippen MR) is 114 cm³/mol. The molecule has 0 saturated carbocycles. The first-order chi connectivity index (χ1) is 14.3. The summed E-state index contributed by atoms with van der Waals surface area (Å²) in [5.41, 5.74) is 7.01. The summed E-state index contributed by atoms with van der Waals surface area (Å²) in [7, 11) is -3.49. The van der Waals surface area contributed by atoms with Gasteiger partial charge in [-0.15, -0.1) is 5.10 Å². The fraction of sp³-hybridized carbons (Fsp3) is 0.200. The molecule has 0 aliphatic carbocycles. The Morgan fingerprint density at radius 2 is 1.83 bits per heavy atom. The van der Waals surface area contributed by atoms with Crippen LogP contribution in [0.3, 0.4) is 0 Å². The van der Waals surface area contributed by atoms with Crippen LogP contribution in [0.4, 0.5) is 5.95 Å². The second kappa shape index (κ2) is 7.38. The summed E-state index contributed by atoms with van der Waals surface area (Å²) in [4.78, 5) is 21.1. The average molecular weight is 424 g/mol. The third kappa shape index (κ3) is 3.45. The summed E-state index contributed by atoms with van der Waals surface area (Å²) in [6.07, 6.45) is 1.61. The standard InChI is InChI=1S/C20H20N6O3S/c1-3-14(17(21)27)22-20-23-15-10-6-4-8-12(15)19-24-18(25-26(19)20)13-9-5-7-11-16(13)30(2,28)29/h4-11,14H,3H2,1-2H3,(H2,21,27)(H,22,23)/t14-/m0/s1. The van der Waals surface area contributed by atoms with E-state index in [9.17, 15) is 13.2 Å². The minimum Gasteiger partial charge on any atom is -0.368 e. The predicted octanol–water partition coefficient (Wildman–Crippen LogP) is 2.02. The molecule has 4 aromatic rings. The van der Waals surface area contributed by atoms with E-state index in [2.05, 4.69) is 20.4 Å². The molecule has 2 aromatic carbocycles. The lowest BCUT2D eigenvalue weighted by molar-refractivity contribution is -0.118. The molecule has 0 fully saturated rings. The molecule has 0 unspecified atom stereocenters. The van der Waals surface area contributed by atoms with Crippen LogP contribution in [0, 0.1) is 0 Å². The number of benzene rings is 2. The maximum atomic E-state index is 12.2. The summed E-state index contributed by atoms with van der Waals surface area (Å²) < 4.78 is 26.0. The SMILES string of the molecule is CC[C@H](Nc1nc2ccccc2c2nc(-c3ccccc3S(C)(=O)=O)nn12)C(N)=O. The van der Waals surface area contributed by atoms with Crippen LogP contribution in [-0.2, 0) is 14.6 Å². The van der Waals surface area contributed by atoms with Crippen LogP contribution >= 0.6 is 0 Å². The van der Waals surface area contributed by atoms with E-state index in [0.29, 0.717) is 29.1 Å². The lowest BCUT2D eigenvalue weighted by Crippen LogP contribution is -2.35. The van der Waals surface area contributed by atoms with Gasteiger partial charge in [-0.25, -0.2) is 18.4 Å². The van der Waals surface area contributed by atoms with Crippen molar-refractivity contribution < 1.29 is 13.2 Å². The van der Waals surface area contributed by atoms with Gasteiger partial charge in [0.15, 0.2) is 21.3 Å². The normalized spacial score (nSPS) is 12.9. The third-order valence-electron chi connectivity index (χ3n) is 4.76. The number of anilines is 1. The van der Waals surface area contributed by atoms with E-state index >= 15 is 0 Å². The summed E-state index contributed by atoms with van der Waals surface area (Å²) in [6.45, 7) is 1.83. The van der Waals surface area contributed by atoms with Crippen molar-refractivity contribution in [2.24, 2.45) is 5.73 Å². The van der Waals surface area contributed by atoms with Crippen molar-refractivity contribution in [2.45, 2.75) is 24.3 Å². The number of primary amides is 1. The Morgan fingerprint density at radius 1 is 1.13 bits per heavy atom. The smallest absolute Gasteiger partial charge is 0.239 e. The van der Waals surface area contributed by atoms with Crippen molar-refractivity contribution in [2.75, 3.05) is 11.6 Å². The number of nitrogens with one attached hydrogen (secondary N) is 1. The number of para-hydroxylation sites is 1. The van der Waals surface area contributed by atoms with Crippen LogP contribution in [0.5, 0.6) is 0 Å². The van der Waals surface area contributed by atoms with Gasteiger partial charge in [0.05, 0.1) is 10.4 Å². The minimum atomic E-state index is -3.49. The van der Waals surface area contributed by atoms with Crippen LogP contribution in [0.25, 0.3) is 27.9 Å². The average Bonchev–Trinajstić information content (AvgIpc) is 3.17. The van der Waals surface area contributed by atoms with Gasteiger partial charge in [-0.05, 0) is 30.7 Å². The van der Waals surface area contributed by atoms with Gasteiger partial charge >= 0.3 is 0 Å². The van der Waals surface area contributed by atoms with E-state index in [1.807, 2.05) is 31.2 Å². The van der Waals surface area contributed by atoms with Crippen LogP contribution in [0.15, 0.2) is 53.4 Å². The van der Waals surface area contributed by atoms with Gasteiger partial charge in [-0.3, -0.25) is 4.79 Å². The molecule has 0 spiro atoms. The highest BCUT2D eigenvalue weighted by atomic mass is 32.2. The second-order valence-electron chi connectivity index (χ2n) is 6.90. The van der Waals surface area contributed by atoms with E-state index < -0.39 is 21.8 Å². The molecule has 154 valence electrons. The van der Waals surface area contributed by atoms with Gasteiger partial charge in [0.1, 0.15) is 6.04 Å². The summed E-state index contributed by atoms with van der Waals surface area (Å²) >= 11 is 0. The zero-order valence-electron chi connectivity index (χ0n) is 16.4. The number of fused-ring (bicyclic) bond motifs is 3. The van der Waals surface area contributed by atoms with E-state index in [4.69, 9.17) is 5.73 Å². The number of aromatic nitrogens is 4. The molecular weight excluding hydrogens is 404 g/mol. The highest BCUT2D eigenvalue weighted by Crippen LogP contribution is 2.28. The largest absolute Gasteiger partial charge is 0.368 e. The van der Waals surface area contributed by atoms with E-state index in [0.717, 1.165) is 11.6 Å². The van der Waals surface area contributed by atoms with Gasteiger partial charge in [0.2, 0.25) is 11.9 Å². The molecule has 0 saturated heterocycles. The monoisotopic (exact) mass is 424 g/mol. The molecule has 0 radical (unpaired) electrons. The van der Waals surface area contributed by atoms with E-state index in [1.54, 1.807) is 18.2 Å². The number of nitrogens with zero attached hydrogens (tertiary/aromatic N) is 4. The fourth-order valence-electron chi connectivity index (χ4n) is 3.27. The number of rotatable bonds is 6. The number of nitrogens with two attached hydrogens (primary N) is 1. The van der Waals surface area contributed by atoms with Crippen molar-refractivity contribution in [3.8, 4) is 11.4 Å². The highest BCUT2D eigenvalue weighted by molar-refractivity contribution is 7.90. The number of sulfone groups is 1. The van der Waals surface area contributed by atoms with Gasteiger partial charge in [-0.2, -0.15) is 4.52 Å². The van der Waals surface area contributed by atoms with Crippen molar-refractivity contribution in [3.63, 3.8) is 0 Å². The molecule has 2 aromatic heterocycles. The minimum absolute atomic E-state index is 0.135. The number of hydrogen-bond donors (Lipinski definition) is 2.